The zero-order chi connectivity index (χ0) is 17.7. The first-order chi connectivity index (χ1) is 10.0. The van der Waals surface area contributed by atoms with Crippen LogP contribution >= 0.6 is 10.2 Å². The highest BCUT2D eigenvalue weighted by Crippen LogP contribution is 3.02. The van der Waals surface area contributed by atoms with E-state index in [0.717, 1.165) is 12.3 Å². The van der Waals surface area contributed by atoms with Crippen molar-refractivity contribution < 1.29 is 32.0 Å². The molecule has 1 aromatic heterocycles. The average Bonchev–Trinajstić information content (AvgIpc) is 2.66. The summed E-state index contributed by atoms with van der Waals surface area (Å²) in [5.74, 6) is 0. The highest BCUT2D eigenvalue weighted by Gasteiger charge is 2.65. The Hall–Kier alpha value is -1.33. The third-order valence-electron chi connectivity index (χ3n) is 2.98. The largest absolute Gasteiger partial charge is 0.345 e. The first-order valence-electron chi connectivity index (χ1n) is 6.26. The topological polar surface area (TPSA) is 48.3 Å². The van der Waals surface area contributed by atoms with E-state index < -0.39 is 31.3 Å². The van der Waals surface area contributed by atoms with E-state index in [1.165, 1.54) is 23.8 Å². The summed E-state index contributed by atoms with van der Waals surface area (Å²) < 4.78 is 92.1. The van der Waals surface area contributed by atoms with Gasteiger partial charge in [0.2, 0.25) is 0 Å². The van der Waals surface area contributed by atoms with Gasteiger partial charge in [-0.15, -0.1) is 0 Å². The Morgan fingerprint density at radius 1 is 1.17 bits per heavy atom. The second-order valence-electron chi connectivity index (χ2n) is 5.27. The molecule has 0 saturated carbocycles. The van der Waals surface area contributed by atoms with Gasteiger partial charge < -0.3 is 4.57 Å². The van der Waals surface area contributed by atoms with Crippen LogP contribution in [-0.2, 0) is 20.8 Å². The number of aromatic nitrogens is 1. The van der Waals surface area contributed by atoms with E-state index in [4.69, 9.17) is 4.18 Å². The molecule has 1 unspecified atom stereocenters. The summed E-state index contributed by atoms with van der Waals surface area (Å²) in [6.45, 7) is 1.50. The van der Waals surface area contributed by atoms with Crippen LogP contribution in [0.3, 0.4) is 0 Å². The number of rotatable bonds is 5. The molecule has 0 fully saturated rings. The van der Waals surface area contributed by atoms with E-state index in [1.54, 1.807) is 0 Å². The highest BCUT2D eigenvalue weighted by molar-refractivity contribution is 8.45. The van der Waals surface area contributed by atoms with Crippen LogP contribution in [0.4, 0.5) is 19.4 Å². The van der Waals surface area contributed by atoms with E-state index in [-0.39, 0.29) is 17.4 Å². The Bertz CT molecular complexity index is 858. The summed E-state index contributed by atoms with van der Waals surface area (Å²) >= 11 is 0. The first-order valence-corrected chi connectivity index (χ1v) is 10.0. The summed E-state index contributed by atoms with van der Waals surface area (Å²) in [4.78, 5) is -1.96. The van der Waals surface area contributed by atoms with Crippen molar-refractivity contribution in [1.29, 1.82) is 0 Å². The Balaban J connectivity index is 2.37. The van der Waals surface area contributed by atoms with Crippen LogP contribution in [0.15, 0.2) is 35.4 Å². The van der Waals surface area contributed by atoms with Crippen molar-refractivity contribution in [3.8, 4) is 0 Å². The third-order valence-corrected chi connectivity index (χ3v) is 4.80. The van der Waals surface area contributed by atoms with E-state index in [1.807, 2.05) is 0 Å². The zero-order valence-electron chi connectivity index (χ0n) is 12.0. The van der Waals surface area contributed by atoms with Crippen LogP contribution < -0.4 is 0 Å². The second kappa shape index (κ2) is 4.61. The minimum Gasteiger partial charge on any atom is -0.345 e. The van der Waals surface area contributed by atoms with Gasteiger partial charge in [-0.05, 0) is 31.2 Å². The Kier molecular flexibility index (Phi) is 3.61. The Labute approximate surface area is 129 Å². The Morgan fingerprint density at radius 3 is 2.30 bits per heavy atom. The van der Waals surface area contributed by atoms with Crippen molar-refractivity contribution in [2.24, 2.45) is 0 Å². The zero-order valence-corrected chi connectivity index (χ0v) is 13.7. The van der Waals surface area contributed by atoms with Crippen molar-refractivity contribution in [2.75, 3.05) is 6.26 Å². The normalized spacial score (nSPS) is 17.7. The lowest BCUT2D eigenvalue weighted by Crippen LogP contribution is -2.19. The van der Waals surface area contributed by atoms with Crippen molar-refractivity contribution >= 4 is 31.2 Å². The maximum absolute atomic E-state index is 12.8. The molecule has 2 rings (SSSR count). The molecule has 1 aromatic carbocycles. The van der Waals surface area contributed by atoms with E-state index >= 15 is 0 Å². The molecule has 132 valence electrons. The molecule has 0 radical (unpaired) electrons. The molecule has 4 nitrogen and oxygen atoms in total. The van der Waals surface area contributed by atoms with Crippen molar-refractivity contribution in [3.05, 3.63) is 30.5 Å². The van der Waals surface area contributed by atoms with Gasteiger partial charge in [0.05, 0.1) is 18.9 Å². The molecular weight excluding hydrogens is 365 g/mol. The quantitative estimate of drug-likeness (QED) is 0.561. The molecule has 11 heteroatoms. The lowest BCUT2D eigenvalue weighted by atomic mass is 10.2. The van der Waals surface area contributed by atoms with Crippen molar-refractivity contribution in [1.82, 2.24) is 4.57 Å². The summed E-state index contributed by atoms with van der Waals surface area (Å²) in [6.07, 6.45) is 1.48. The van der Waals surface area contributed by atoms with Crippen LogP contribution in [0.2, 0.25) is 0 Å². The van der Waals surface area contributed by atoms with Crippen LogP contribution in [0.25, 0.3) is 10.9 Å². The number of halogens is 5. The van der Waals surface area contributed by atoms with Crippen LogP contribution in [0.1, 0.15) is 6.92 Å². The lowest BCUT2D eigenvalue weighted by Gasteiger charge is -2.40. The lowest BCUT2D eigenvalue weighted by molar-refractivity contribution is 0.211. The smallest absolute Gasteiger partial charge is 0.310 e. The van der Waals surface area contributed by atoms with Crippen LogP contribution in [0, 0.1) is 0 Å². The van der Waals surface area contributed by atoms with Gasteiger partial charge in [-0.3, -0.25) is 4.18 Å². The molecular formula is C12H14F5NO3S2. The minimum absolute atomic E-state index is 0.0256. The number of hydrogen-bond donors (Lipinski definition) is 0. The van der Waals surface area contributed by atoms with Crippen LogP contribution in [0.5, 0.6) is 0 Å². The average molecular weight is 379 g/mol. The highest BCUT2D eigenvalue weighted by atomic mass is 32.5. The van der Waals surface area contributed by atoms with Gasteiger partial charge in [0, 0.05) is 17.1 Å². The molecule has 2 aromatic rings. The minimum atomic E-state index is -9.73. The fraction of sp³-hybridized carbons (Fsp3) is 0.333. The first kappa shape index (κ1) is 18.0. The second-order valence-corrected chi connectivity index (χ2v) is 9.28. The Morgan fingerprint density at radius 2 is 1.78 bits per heavy atom. The molecule has 23 heavy (non-hydrogen) atoms. The molecule has 1 atom stereocenters. The number of hydrogen-bond acceptors (Lipinski definition) is 3. The SMILES string of the molecule is CC(Cn1ccc2cc(S(F)(F)(F)(F)F)ccc21)OS(C)(=O)=O. The molecule has 0 aliphatic heterocycles. The predicted octanol–water partition coefficient (Wildman–Crippen LogP) is 4.66. The van der Waals surface area contributed by atoms with Gasteiger partial charge in [0.1, 0.15) is 4.90 Å². The predicted molar refractivity (Wildman–Crippen MR) is 78.7 cm³/mol. The maximum atomic E-state index is 12.8. The molecule has 0 saturated heterocycles. The van der Waals surface area contributed by atoms with Gasteiger partial charge in [0.15, 0.2) is 0 Å². The monoisotopic (exact) mass is 379 g/mol. The molecule has 0 bridgehead atoms. The van der Waals surface area contributed by atoms with E-state index in [9.17, 15) is 27.8 Å². The van der Waals surface area contributed by atoms with Gasteiger partial charge in [0.25, 0.3) is 10.1 Å². The summed E-state index contributed by atoms with van der Waals surface area (Å²) in [5, 5.41) is -0.0256. The van der Waals surface area contributed by atoms with Crippen molar-refractivity contribution in [2.45, 2.75) is 24.5 Å². The molecule has 0 amide bonds. The molecule has 0 N–H and O–H groups in total. The van der Waals surface area contributed by atoms with Crippen molar-refractivity contribution in [3.63, 3.8) is 0 Å². The number of benzene rings is 1. The fourth-order valence-corrected chi connectivity index (χ4v) is 3.52. The summed E-state index contributed by atoms with van der Waals surface area (Å²) in [5.41, 5.74) is 0.263. The molecule has 0 aliphatic rings. The molecule has 1 heterocycles. The molecule has 0 spiro atoms. The third kappa shape index (κ3) is 4.58. The number of fused-ring (bicyclic) bond motifs is 1. The fourth-order valence-electron chi connectivity index (χ4n) is 2.18. The van der Waals surface area contributed by atoms with Gasteiger partial charge in [-0.25, -0.2) is 0 Å². The van der Waals surface area contributed by atoms with Gasteiger partial charge in [-0.1, -0.05) is 19.4 Å². The molecule has 0 aliphatic carbocycles. The van der Waals surface area contributed by atoms with Crippen LogP contribution in [-0.4, -0.2) is 25.3 Å². The summed E-state index contributed by atoms with van der Waals surface area (Å²) in [7, 11) is -13.4. The summed E-state index contributed by atoms with van der Waals surface area (Å²) in [6, 6.07) is 2.88. The maximum Gasteiger partial charge on any atom is 0.310 e. The number of nitrogens with zero attached hydrogens (tertiary/aromatic N) is 1. The van der Waals surface area contributed by atoms with Gasteiger partial charge in [-0.2, -0.15) is 8.42 Å². The van der Waals surface area contributed by atoms with E-state index in [2.05, 4.69) is 0 Å². The van der Waals surface area contributed by atoms with E-state index in [0.29, 0.717) is 12.1 Å². The standard InChI is InChI=1S/C12H14F5NO3S2/c1-9(21-22(2,19)20)8-18-6-5-10-7-11(3-4-12(10)18)23(13,14,15,16)17/h3-7,9H,8H2,1-2H3. The van der Waals surface area contributed by atoms with Gasteiger partial charge >= 0.3 is 10.2 Å².